The summed E-state index contributed by atoms with van der Waals surface area (Å²) in [6.45, 7) is 3.48. The normalized spacial score (nSPS) is 11.0. The van der Waals surface area contributed by atoms with Crippen LogP contribution in [0.3, 0.4) is 0 Å². The highest BCUT2D eigenvalue weighted by Crippen LogP contribution is 2.07. The first-order valence-corrected chi connectivity index (χ1v) is 8.26. The number of rotatable bonds is 14. The number of hydrogen-bond donors (Lipinski definition) is 1. The lowest BCUT2D eigenvalue weighted by Crippen LogP contribution is -2.15. The molecule has 0 aromatic carbocycles. The van der Waals surface area contributed by atoms with Crippen LogP contribution in [-0.2, 0) is 14.3 Å². The number of methoxy groups -OCH3 is 1. The Hall–Kier alpha value is -1.54. The average molecular weight is 310 g/mol. The van der Waals surface area contributed by atoms with Crippen LogP contribution >= 0.6 is 0 Å². The molecule has 5 heteroatoms. The Kier molecular flexibility index (Phi) is 14.7. The fourth-order valence-corrected chi connectivity index (χ4v) is 1.97. The fourth-order valence-electron chi connectivity index (χ4n) is 1.97. The van der Waals surface area contributed by atoms with E-state index in [0.717, 1.165) is 13.0 Å². The molecule has 0 saturated carbocycles. The highest BCUT2D eigenvalue weighted by molar-refractivity contribution is 5.92. The van der Waals surface area contributed by atoms with Gasteiger partial charge in [-0.2, -0.15) is 5.26 Å². The Morgan fingerprint density at radius 1 is 1.09 bits per heavy atom. The first-order valence-electron chi connectivity index (χ1n) is 8.26. The lowest BCUT2D eigenvalue weighted by molar-refractivity contribution is -0.139. The van der Waals surface area contributed by atoms with Gasteiger partial charge in [-0.3, -0.25) is 0 Å². The Labute approximate surface area is 134 Å². The molecule has 0 atom stereocenters. The van der Waals surface area contributed by atoms with Crippen LogP contribution in [-0.4, -0.2) is 32.8 Å². The van der Waals surface area contributed by atoms with Crippen molar-refractivity contribution in [3.8, 4) is 6.07 Å². The summed E-state index contributed by atoms with van der Waals surface area (Å²) in [4.78, 5) is 11.5. The molecule has 5 nitrogen and oxygen atoms in total. The molecule has 0 saturated heterocycles. The minimum atomic E-state index is -0.608. The molecule has 0 spiro atoms. The molecule has 126 valence electrons. The quantitative estimate of drug-likeness (QED) is 0.231. The molecular weight excluding hydrogens is 280 g/mol. The Balaban J connectivity index is 3.63. The number of ether oxygens (including phenoxy) is 2. The largest absolute Gasteiger partial charge is 0.459 e. The van der Waals surface area contributed by atoms with Crippen molar-refractivity contribution in [1.82, 2.24) is 5.32 Å². The second-order valence-corrected chi connectivity index (χ2v) is 5.23. The predicted molar refractivity (Wildman–Crippen MR) is 87.1 cm³/mol. The van der Waals surface area contributed by atoms with E-state index in [1.54, 1.807) is 0 Å². The summed E-state index contributed by atoms with van der Waals surface area (Å²) < 4.78 is 9.66. The first-order chi connectivity index (χ1) is 10.8. The fraction of sp³-hybridized carbons (Fsp3) is 0.765. The first kappa shape index (κ1) is 20.5. The van der Waals surface area contributed by atoms with Crippen LogP contribution in [0.5, 0.6) is 0 Å². The van der Waals surface area contributed by atoms with E-state index in [2.05, 4.69) is 12.2 Å². The van der Waals surface area contributed by atoms with Gasteiger partial charge >= 0.3 is 5.97 Å². The average Bonchev–Trinajstić information content (AvgIpc) is 2.53. The Morgan fingerprint density at radius 3 is 2.32 bits per heavy atom. The zero-order chi connectivity index (χ0) is 16.5. The minimum absolute atomic E-state index is 0.00401. The van der Waals surface area contributed by atoms with Crippen LogP contribution < -0.4 is 5.32 Å². The van der Waals surface area contributed by atoms with Crippen LogP contribution in [0, 0.1) is 11.3 Å². The summed E-state index contributed by atoms with van der Waals surface area (Å²) in [5.74, 6) is -0.608. The maximum atomic E-state index is 11.5. The van der Waals surface area contributed by atoms with Gasteiger partial charge in [-0.05, 0) is 6.42 Å². The predicted octanol–water partition coefficient (Wildman–Crippen LogP) is 3.31. The molecule has 0 aromatic rings. The van der Waals surface area contributed by atoms with Crippen LogP contribution in [0.15, 0.2) is 11.8 Å². The van der Waals surface area contributed by atoms with E-state index >= 15 is 0 Å². The molecule has 1 N–H and O–H groups in total. The molecule has 0 fully saturated rings. The summed E-state index contributed by atoms with van der Waals surface area (Å²) in [5, 5.41) is 11.9. The summed E-state index contributed by atoms with van der Waals surface area (Å²) in [5.41, 5.74) is -0.00401. The van der Waals surface area contributed by atoms with Crippen LogP contribution in [0.2, 0.25) is 0 Å². The molecule has 0 aromatic heterocycles. The second kappa shape index (κ2) is 15.8. The highest BCUT2D eigenvalue weighted by atomic mass is 16.6. The van der Waals surface area contributed by atoms with Gasteiger partial charge in [0.15, 0.2) is 5.57 Å². The molecule has 0 rings (SSSR count). The van der Waals surface area contributed by atoms with Crippen molar-refractivity contribution in [2.24, 2.45) is 0 Å². The van der Waals surface area contributed by atoms with Gasteiger partial charge < -0.3 is 14.8 Å². The summed E-state index contributed by atoms with van der Waals surface area (Å²) in [7, 11) is 1.53. The van der Waals surface area contributed by atoms with E-state index < -0.39 is 5.97 Å². The number of nitriles is 1. The van der Waals surface area contributed by atoms with E-state index in [0.29, 0.717) is 6.61 Å². The van der Waals surface area contributed by atoms with Gasteiger partial charge in [0, 0.05) is 19.9 Å². The molecule has 0 aliphatic carbocycles. The van der Waals surface area contributed by atoms with Crippen LogP contribution in [0.1, 0.15) is 58.3 Å². The lowest BCUT2D eigenvalue weighted by atomic mass is 10.1. The van der Waals surface area contributed by atoms with Gasteiger partial charge in [-0.15, -0.1) is 0 Å². The SMILES string of the molecule is CCCCCCCCCCNC=C(C#N)C(=O)OCCOC. The van der Waals surface area contributed by atoms with Gasteiger partial charge in [0.05, 0.1) is 6.61 Å². The topological polar surface area (TPSA) is 71.4 Å². The van der Waals surface area contributed by atoms with Gasteiger partial charge in [-0.1, -0.05) is 51.9 Å². The third-order valence-corrected chi connectivity index (χ3v) is 3.28. The second-order valence-electron chi connectivity index (χ2n) is 5.23. The molecular formula is C17H30N2O3. The number of carbonyl (C=O) groups is 1. The van der Waals surface area contributed by atoms with Crippen molar-refractivity contribution in [3.05, 3.63) is 11.8 Å². The Bertz CT molecular complexity index is 348. The maximum Gasteiger partial charge on any atom is 0.350 e. The lowest BCUT2D eigenvalue weighted by Gasteiger charge is -2.04. The molecule has 0 aliphatic rings. The van der Waals surface area contributed by atoms with Crippen molar-refractivity contribution >= 4 is 5.97 Å². The number of hydrogen-bond acceptors (Lipinski definition) is 5. The van der Waals surface area contributed by atoms with Crippen molar-refractivity contribution in [3.63, 3.8) is 0 Å². The van der Waals surface area contributed by atoms with Crippen molar-refractivity contribution in [1.29, 1.82) is 5.26 Å². The van der Waals surface area contributed by atoms with Gasteiger partial charge in [0.25, 0.3) is 0 Å². The van der Waals surface area contributed by atoms with Gasteiger partial charge in [0.2, 0.25) is 0 Å². The van der Waals surface area contributed by atoms with E-state index in [9.17, 15) is 4.79 Å². The van der Waals surface area contributed by atoms with Crippen LogP contribution in [0.25, 0.3) is 0 Å². The molecule has 0 radical (unpaired) electrons. The summed E-state index contributed by atoms with van der Waals surface area (Å²) >= 11 is 0. The number of nitrogens with zero attached hydrogens (tertiary/aromatic N) is 1. The zero-order valence-electron chi connectivity index (χ0n) is 14.0. The third kappa shape index (κ3) is 12.2. The number of carbonyl (C=O) groups excluding carboxylic acids is 1. The number of esters is 1. The van der Waals surface area contributed by atoms with Crippen LogP contribution in [0.4, 0.5) is 0 Å². The Morgan fingerprint density at radius 2 is 1.73 bits per heavy atom. The van der Waals surface area contributed by atoms with E-state index in [1.165, 1.54) is 58.3 Å². The van der Waals surface area contributed by atoms with E-state index in [-0.39, 0.29) is 12.2 Å². The third-order valence-electron chi connectivity index (χ3n) is 3.28. The zero-order valence-corrected chi connectivity index (χ0v) is 14.0. The highest BCUT2D eigenvalue weighted by Gasteiger charge is 2.09. The molecule has 0 heterocycles. The number of nitrogens with one attached hydrogen (secondary N) is 1. The van der Waals surface area contributed by atoms with E-state index in [4.69, 9.17) is 14.7 Å². The summed E-state index contributed by atoms with van der Waals surface area (Å²) in [6.07, 6.45) is 11.5. The monoisotopic (exact) mass is 310 g/mol. The molecule has 0 unspecified atom stereocenters. The van der Waals surface area contributed by atoms with Crippen molar-refractivity contribution in [2.75, 3.05) is 26.9 Å². The number of unbranched alkanes of at least 4 members (excludes halogenated alkanes) is 7. The molecule has 0 aliphatic heterocycles. The standard InChI is InChI=1S/C17H30N2O3/c1-3-4-5-6-7-8-9-10-11-19-15-16(14-18)17(20)22-13-12-21-2/h15,19H,3-13H2,1-2H3. The minimum Gasteiger partial charge on any atom is -0.459 e. The van der Waals surface area contributed by atoms with Crippen molar-refractivity contribution < 1.29 is 14.3 Å². The van der Waals surface area contributed by atoms with Gasteiger partial charge in [0.1, 0.15) is 12.7 Å². The maximum absolute atomic E-state index is 11.5. The van der Waals surface area contributed by atoms with E-state index in [1.807, 2.05) is 6.07 Å². The molecule has 0 bridgehead atoms. The molecule has 0 amide bonds. The smallest absolute Gasteiger partial charge is 0.350 e. The van der Waals surface area contributed by atoms with Gasteiger partial charge in [-0.25, -0.2) is 4.79 Å². The van der Waals surface area contributed by atoms with Crippen molar-refractivity contribution in [2.45, 2.75) is 58.3 Å². The summed E-state index contributed by atoms with van der Waals surface area (Å²) in [6, 6.07) is 1.84. The molecule has 22 heavy (non-hydrogen) atoms.